The minimum absolute atomic E-state index is 0.104. The van der Waals surface area contributed by atoms with E-state index >= 15 is 0 Å². The van der Waals surface area contributed by atoms with Gasteiger partial charge in [0.25, 0.3) is 0 Å². The van der Waals surface area contributed by atoms with E-state index in [0.717, 1.165) is 77.0 Å². The van der Waals surface area contributed by atoms with Crippen molar-refractivity contribution in [2.45, 2.75) is 288 Å². The van der Waals surface area contributed by atoms with Gasteiger partial charge in [0, 0.05) is 6.42 Å². The number of hydrogen-bond donors (Lipinski definition) is 6. The number of unbranched alkanes of at least 4 members (excludes halogenated alkanes) is 27. The molecule has 8 unspecified atom stereocenters. The van der Waals surface area contributed by atoms with Gasteiger partial charge >= 0.3 is 5.97 Å². The Kier molecular flexibility index (Phi) is 41.4. The molecule has 1 heterocycles. The van der Waals surface area contributed by atoms with Crippen LogP contribution in [-0.2, 0) is 23.8 Å². The fourth-order valence-electron chi connectivity index (χ4n) is 8.33. The zero-order valence-corrected chi connectivity index (χ0v) is 42.3. The van der Waals surface area contributed by atoms with Crippen LogP contribution in [-0.4, -0.2) is 99.6 Å². The number of aliphatic hydroxyl groups excluding tert-OH is 5. The van der Waals surface area contributed by atoms with E-state index in [0.29, 0.717) is 12.8 Å². The molecule has 0 aromatic carbocycles. The van der Waals surface area contributed by atoms with Gasteiger partial charge in [0.05, 0.1) is 25.4 Å². The summed E-state index contributed by atoms with van der Waals surface area (Å²) in [4.78, 5) is 26.3. The first-order chi connectivity index (χ1) is 32.2. The summed E-state index contributed by atoms with van der Waals surface area (Å²) in [6.07, 6.45) is 39.1. The minimum atomic E-state index is -1.62. The second-order valence-corrected chi connectivity index (χ2v) is 19.0. The van der Waals surface area contributed by atoms with E-state index < -0.39 is 67.4 Å². The van der Waals surface area contributed by atoms with E-state index in [1.165, 1.54) is 116 Å². The number of nitrogens with one attached hydrogen (secondary N) is 1. The number of esters is 1. The zero-order valence-electron chi connectivity index (χ0n) is 42.3. The predicted octanol–water partition coefficient (Wildman–Crippen LogP) is 11.6. The number of hydrogen-bond acceptors (Lipinski definition) is 10. The highest BCUT2D eigenvalue weighted by Gasteiger charge is 2.47. The number of allylic oxidation sites excluding steroid dienone is 5. The Bertz CT molecular complexity index is 1210. The van der Waals surface area contributed by atoms with Crippen LogP contribution in [0.3, 0.4) is 0 Å². The molecule has 11 heteroatoms. The van der Waals surface area contributed by atoms with Crippen molar-refractivity contribution in [3.05, 3.63) is 36.5 Å². The number of carbonyl (C=O) groups excluding carboxylic acids is 2. The highest BCUT2D eigenvalue weighted by molar-refractivity contribution is 5.80. The molecule has 1 fully saturated rings. The van der Waals surface area contributed by atoms with E-state index in [-0.39, 0.29) is 19.4 Å². The zero-order chi connectivity index (χ0) is 48.3. The predicted molar refractivity (Wildman–Crippen MR) is 269 cm³/mol. The van der Waals surface area contributed by atoms with E-state index in [2.05, 4.69) is 50.4 Å². The smallest absolute Gasteiger partial charge is 0.306 e. The van der Waals surface area contributed by atoms with Gasteiger partial charge in [-0.3, -0.25) is 9.59 Å². The van der Waals surface area contributed by atoms with Gasteiger partial charge in [-0.05, 0) is 70.6 Å². The Hall–Kier alpha value is -2.12. The average Bonchev–Trinajstić information content (AvgIpc) is 3.31. The first kappa shape index (κ1) is 61.9. The third-order valence-corrected chi connectivity index (χ3v) is 12.8. The van der Waals surface area contributed by atoms with Crippen LogP contribution in [0, 0.1) is 0 Å². The molecule has 0 aromatic heterocycles. The van der Waals surface area contributed by atoms with Gasteiger partial charge in [0.2, 0.25) is 5.91 Å². The van der Waals surface area contributed by atoms with Crippen LogP contribution in [0.4, 0.5) is 0 Å². The summed E-state index contributed by atoms with van der Waals surface area (Å²) in [6.45, 7) is 5.70. The summed E-state index contributed by atoms with van der Waals surface area (Å²) < 4.78 is 17.5. The van der Waals surface area contributed by atoms with Gasteiger partial charge in [0.1, 0.15) is 24.4 Å². The maximum absolute atomic E-state index is 13.3. The van der Waals surface area contributed by atoms with Crippen molar-refractivity contribution in [2.24, 2.45) is 0 Å². The third-order valence-electron chi connectivity index (χ3n) is 12.8. The summed E-state index contributed by atoms with van der Waals surface area (Å²) in [7, 11) is 0. The van der Waals surface area contributed by atoms with Gasteiger partial charge in [-0.2, -0.15) is 0 Å². The molecule has 0 aliphatic carbocycles. The Morgan fingerprint density at radius 2 is 1.02 bits per heavy atom. The van der Waals surface area contributed by atoms with Gasteiger partial charge in [-0.1, -0.05) is 198 Å². The highest BCUT2D eigenvalue weighted by Crippen LogP contribution is 2.26. The Labute approximate surface area is 403 Å². The van der Waals surface area contributed by atoms with E-state index in [1.807, 2.05) is 6.08 Å². The number of rotatable bonds is 45. The molecule has 1 aliphatic rings. The van der Waals surface area contributed by atoms with Crippen molar-refractivity contribution in [1.29, 1.82) is 0 Å². The molecule has 8 atom stereocenters. The molecule has 11 nitrogen and oxygen atoms in total. The molecule has 386 valence electrons. The lowest BCUT2D eigenvalue weighted by molar-refractivity contribution is -0.305. The maximum atomic E-state index is 13.3. The second-order valence-electron chi connectivity index (χ2n) is 19.0. The first-order valence-electron chi connectivity index (χ1n) is 27.3. The van der Waals surface area contributed by atoms with Crippen LogP contribution in [0.25, 0.3) is 0 Å². The molecule has 0 bridgehead atoms. The fraction of sp³-hybridized carbons (Fsp3) is 0.855. The van der Waals surface area contributed by atoms with Crippen LogP contribution >= 0.6 is 0 Å². The molecular formula is C55H101NO10. The van der Waals surface area contributed by atoms with Crippen LogP contribution in [0.5, 0.6) is 0 Å². The fourth-order valence-corrected chi connectivity index (χ4v) is 8.33. The SMILES string of the molecule is CCCC/C=C\CCCCCCC(O)C(=O)NC(COC1OC(CO)C(O)C(O)C1OC(=O)CCCCC/C=C\CCCCCCCCC)C(O)/C=C/CCCCCCCCCCCCC. The molecule has 0 saturated carbocycles. The lowest BCUT2D eigenvalue weighted by atomic mass is 9.99. The first-order valence-corrected chi connectivity index (χ1v) is 27.3. The molecule has 0 aromatic rings. The Balaban J connectivity index is 2.78. The lowest BCUT2D eigenvalue weighted by Crippen LogP contribution is -2.61. The summed E-state index contributed by atoms with van der Waals surface area (Å²) in [5, 5.41) is 56.6. The number of carbonyl (C=O) groups is 2. The van der Waals surface area contributed by atoms with Crippen LogP contribution in [0.2, 0.25) is 0 Å². The van der Waals surface area contributed by atoms with Crippen molar-refractivity contribution in [3.8, 4) is 0 Å². The largest absolute Gasteiger partial charge is 0.454 e. The number of ether oxygens (including phenoxy) is 3. The number of amides is 1. The average molecular weight is 936 g/mol. The minimum Gasteiger partial charge on any atom is -0.454 e. The van der Waals surface area contributed by atoms with Gasteiger partial charge in [-0.25, -0.2) is 0 Å². The quantitative estimate of drug-likeness (QED) is 0.0196. The van der Waals surface area contributed by atoms with Crippen LogP contribution < -0.4 is 5.32 Å². The van der Waals surface area contributed by atoms with Gasteiger partial charge in [-0.15, -0.1) is 0 Å². The third kappa shape index (κ3) is 32.6. The van der Waals surface area contributed by atoms with E-state index in [1.54, 1.807) is 6.08 Å². The molecule has 66 heavy (non-hydrogen) atoms. The molecule has 0 spiro atoms. The van der Waals surface area contributed by atoms with Crippen molar-refractivity contribution < 1.29 is 49.3 Å². The maximum Gasteiger partial charge on any atom is 0.306 e. The van der Waals surface area contributed by atoms with Crippen LogP contribution in [0.15, 0.2) is 36.5 Å². The molecule has 1 aliphatic heterocycles. The molecule has 1 amide bonds. The van der Waals surface area contributed by atoms with Crippen molar-refractivity contribution in [1.82, 2.24) is 5.32 Å². The molecule has 1 rings (SSSR count). The van der Waals surface area contributed by atoms with Gasteiger partial charge < -0.3 is 45.1 Å². The van der Waals surface area contributed by atoms with Crippen molar-refractivity contribution >= 4 is 11.9 Å². The van der Waals surface area contributed by atoms with Gasteiger partial charge in [0.15, 0.2) is 12.4 Å². The number of aliphatic hydroxyl groups is 5. The Morgan fingerprint density at radius 3 is 1.52 bits per heavy atom. The van der Waals surface area contributed by atoms with E-state index in [9.17, 15) is 35.1 Å². The molecule has 0 radical (unpaired) electrons. The Morgan fingerprint density at radius 1 is 0.576 bits per heavy atom. The van der Waals surface area contributed by atoms with Crippen LogP contribution in [0.1, 0.15) is 239 Å². The van der Waals surface area contributed by atoms with Crippen molar-refractivity contribution in [2.75, 3.05) is 13.2 Å². The summed E-state index contributed by atoms with van der Waals surface area (Å²) in [6, 6.07) is -1.03. The molecule has 6 N–H and O–H groups in total. The molecule has 1 saturated heterocycles. The highest BCUT2D eigenvalue weighted by atomic mass is 16.7. The topological polar surface area (TPSA) is 175 Å². The van der Waals surface area contributed by atoms with Crippen molar-refractivity contribution in [3.63, 3.8) is 0 Å². The second kappa shape index (κ2) is 44.1. The summed E-state index contributed by atoms with van der Waals surface area (Å²) in [5.41, 5.74) is 0. The summed E-state index contributed by atoms with van der Waals surface area (Å²) in [5.74, 6) is -1.22. The van der Waals surface area contributed by atoms with E-state index in [4.69, 9.17) is 14.2 Å². The standard InChI is InChI=1S/C55H101NO10/c1-4-7-10-13-16-19-22-24-26-28-31-34-37-40-43-50(60)66-53-52(62)51(61)49(44-57)65-55(53)64-45-46(47(58)41-38-35-32-30-27-25-23-20-17-14-11-8-5-2)56-54(63)48(59)42-39-36-33-29-21-18-15-12-9-6-3/h15,18,26,28,38,41,46-49,51-53,55,57-59,61-62H,4-14,16-17,19-25,27,29-37,39-40,42-45H2,1-3H3,(H,56,63)/b18-15-,28-26-,41-38+. The summed E-state index contributed by atoms with van der Waals surface area (Å²) >= 11 is 0. The lowest BCUT2D eigenvalue weighted by Gasteiger charge is -2.41. The monoisotopic (exact) mass is 936 g/mol. The normalized spacial score (nSPS) is 20.4. The molecular weight excluding hydrogens is 835 g/mol.